The third-order valence-corrected chi connectivity index (χ3v) is 3.02. The molecule has 0 aliphatic rings. The largest absolute Gasteiger partial charge is 0.366 e. The van der Waals surface area contributed by atoms with Crippen LogP contribution in [0.25, 0.3) is 0 Å². The lowest BCUT2D eigenvalue weighted by Crippen LogP contribution is -2.30. The minimum atomic E-state index is -0.894. The number of carbonyl (C=O) groups is 2. The molecule has 5 nitrogen and oxygen atoms in total. The average Bonchev–Trinajstić information content (AvgIpc) is 2.47. The lowest BCUT2D eigenvalue weighted by atomic mass is 10.2. The highest BCUT2D eigenvalue weighted by atomic mass is 35.5. The summed E-state index contributed by atoms with van der Waals surface area (Å²) in [6.07, 6.45) is 0. The molecule has 0 radical (unpaired) electrons. The highest BCUT2D eigenvalue weighted by molar-refractivity contribution is 6.31. The quantitative estimate of drug-likeness (QED) is 0.676. The predicted octanol–water partition coefficient (Wildman–Crippen LogP) is 3.60. The standard InChI is InChI=1S/C14H9Cl2NO4/c15-11-5-1-9(2-6-11)13(18)17(20)21-14(19)10-3-7-12(16)8-4-10/h1-8,20H. The third kappa shape index (κ3) is 3.95. The Hall–Kier alpha value is -2.08. The Labute approximate surface area is 130 Å². The van der Waals surface area contributed by atoms with E-state index in [4.69, 9.17) is 23.2 Å². The summed E-state index contributed by atoms with van der Waals surface area (Å²) in [5.41, 5.74) is 0.258. The minimum absolute atomic E-state index is 0.116. The molecular weight excluding hydrogens is 317 g/mol. The van der Waals surface area contributed by atoms with Gasteiger partial charge in [0.05, 0.1) is 5.56 Å². The fourth-order valence-corrected chi connectivity index (χ4v) is 1.71. The maximum Gasteiger partial charge on any atom is 0.366 e. The summed E-state index contributed by atoms with van der Waals surface area (Å²) in [6, 6.07) is 11.5. The van der Waals surface area contributed by atoms with Crippen LogP contribution in [0.5, 0.6) is 0 Å². The zero-order chi connectivity index (χ0) is 15.4. The molecule has 2 aromatic carbocycles. The van der Waals surface area contributed by atoms with Crippen LogP contribution in [0.15, 0.2) is 48.5 Å². The van der Waals surface area contributed by atoms with Crippen LogP contribution in [0.2, 0.25) is 10.0 Å². The van der Waals surface area contributed by atoms with Crippen molar-refractivity contribution in [2.24, 2.45) is 0 Å². The van der Waals surface area contributed by atoms with Crippen molar-refractivity contribution in [1.82, 2.24) is 5.23 Å². The maximum atomic E-state index is 11.8. The number of nitrogens with zero attached hydrogens (tertiary/aromatic N) is 1. The number of amides is 1. The molecule has 1 N–H and O–H groups in total. The van der Waals surface area contributed by atoms with Crippen molar-refractivity contribution < 1.29 is 19.6 Å². The van der Waals surface area contributed by atoms with Crippen molar-refractivity contribution in [2.75, 3.05) is 0 Å². The Kier molecular flexibility index (Phi) is 4.80. The second-order valence-electron chi connectivity index (χ2n) is 3.97. The predicted molar refractivity (Wildman–Crippen MR) is 76.3 cm³/mol. The van der Waals surface area contributed by atoms with Gasteiger partial charge in [-0.2, -0.15) is 0 Å². The summed E-state index contributed by atoms with van der Waals surface area (Å²) < 4.78 is 0. The van der Waals surface area contributed by atoms with Gasteiger partial charge in [0.25, 0.3) is 0 Å². The fraction of sp³-hybridized carbons (Fsp3) is 0. The average molecular weight is 326 g/mol. The molecule has 0 heterocycles. The van der Waals surface area contributed by atoms with Crippen LogP contribution < -0.4 is 0 Å². The van der Waals surface area contributed by atoms with Crippen LogP contribution in [-0.4, -0.2) is 22.3 Å². The van der Waals surface area contributed by atoms with E-state index in [1.54, 1.807) is 0 Å². The number of hydrogen-bond acceptors (Lipinski definition) is 4. The molecule has 7 heteroatoms. The van der Waals surface area contributed by atoms with Gasteiger partial charge in [0.2, 0.25) is 0 Å². The van der Waals surface area contributed by atoms with E-state index < -0.39 is 11.9 Å². The van der Waals surface area contributed by atoms with Crippen LogP contribution in [0.1, 0.15) is 20.7 Å². The molecule has 0 atom stereocenters. The Morgan fingerprint density at radius 3 is 1.76 bits per heavy atom. The number of carbonyl (C=O) groups excluding carboxylic acids is 2. The SMILES string of the molecule is O=C(ON(O)C(=O)c1ccc(Cl)cc1)c1ccc(Cl)cc1. The molecule has 1 amide bonds. The van der Waals surface area contributed by atoms with Gasteiger partial charge in [-0.05, 0) is 53.8 Å². The lowest BCUT2D eigenvalue weighted by molar-refractivity contribution is -0.257. The monoisotopic (exact) mass is 325 g/mol. The van der Waals surface area contributed by atoms with Crippen molar-refractivity contribution in [3.05, 3.63) is 69.7 Å². The molecule has 0 bridgehead atoms. The molecular formula is C14H9Cl2NO4. The number of rotatable bonds is 2. The molecule has 0 saturated carbocycles. The van der Waals surface area contributed by atoms with Crippen molar-refractivity contribution in [3.63, 3.8) is 0 Å². The van der Waals surface area contributed by atoms with E-state index in [0.29, 0.717) is 10.0 Å². The first kappa shape index (κ1) is 15.3. The zero-order valence-corrected chi connectivity index (χ0v) is 12.0. The molecule has 2 rings (SSSR count). The highest BCUT2D eigenvalue weighted by Gasteiger charge is 2.19. The molecule has 0 saturated heterocycles. The Bertz CT molecular complexity index is 656. The van der Waals surface area contributed by atoms with Gasteiger partial charge in [-0.3, -0.25) is 10.0 Å². The van der Waals surface area contributed by atoms with E-state index in [-0.39, 0.29) is 16.4 Å². The van der Waals surface area contributed by atoms with Crippen LogP contribution >= 0.6 is 23.2 Å². The first-order chi connectivity index (χ1) is 9.97. The fourth-order valence-electron chi connectivity index (χ4n) is 1.46. The molecule has 0 spiro atoms. The topological polar surface area (TPSA) is 66.8 Å². The Balaban J connectivity index is 2.05. The van der Waals surface area contributed by atoms with E-state index in [1.165, 1.54) is 48.5 Å². The highest BCUT2D eigenvalue weighted by Crippen LogP contribution is 2.13. The molecule has 0 fully saturated rings. The van der Waals surface area contributed by atoms with Gasteiger partial charge < -0.3 is 4.84 Å². The van der Waals surface area contributed by atoms with Gasteiger partial charge in [-0.1, -0.05) is 23.2 Å². The van der Waals surface area contributed by atoms with E-state index in [1.807, 2.05) is 0 Å². The van der Waals surface area contributed by atoms with Gasteiger partial charge >= 0.3 is 11.9 Å². The zero-order valence-electron chi connectivity index (χ0n) is 10.5. The van der Waals surface area contributed by atoms with Gasteiger partial charge in [0, 0.05) is 15.6 Å². The number of hydroxylamine groups is 2. The van der Waals surface area contributed by atoms with Gasteiger partial charge in [0.15, 0.2) is 0 Å². The van der Waals surface area contributed by atoms with Gasteiger partial charge in [-0.25, -0.2) is 4.79 Å². The van der Waals surface area contributed by atoms with Crippen molar-refractivity contribution >= 4 is 35.1 Å². The number of benzene rings is 2. The molecule has 0 aromatic heterocycles. The number of halogens is 2. The molecule has 21 heavy (non-hydrogen) atoms. The van der Waals surface area contributed by atoms with Gasteiger partial charge in [-0.15, -0.1) is 0 Å². The van der Waals surface area contributed by atoms with Crippen molar-refractivity contribution in [1.29, 1.82) is 0 Å². The summed E-state index contributed by atoms with van der Waals surface area (Å²) >= 11 is 11.4. The van der Waals surface area contributed by atoms with Crippen LogP contribution in [0, 0.1) is 0 Å². The van der Waals surface area contributed by atoms with Crippen LogP contribution in [0.3, 0.4) is 0 Å². The first-order valence-corrected chi connectivity index (χ1v) is 6.50. The summed E-state index contributed by atoms with van der Waals surface area (Å²) in [5.74, 6) is -1.79. The molecule has 2 aromatic rings. The normalized spacial score (nSPS) is 10.0. The van der Waals surface area contributed by atoms with E-state index in [9.17, 15) is 14.8 Å². The first-order valence-electron chi connectivity index (χ1n) is 5.74. The van der Waals surface area contributed by atoms with Gasteiger partial charge in [0.1, 0.15) is 0 Å². The third-order valence-electron chi connectivity index (χ3n) is 2.51. The second kappa shape index (κ2) is 6.58. The summed E-state index contributed by atoms with van der Waals surface area (Å²) in [4.78, 5) is 28.1. The summed E-state index contributed by atoms with van der Waals surface area (Å²) in [5, 5.41) is 10.3. The molecule has 108 valence electrons. The Morgan fingerprint density at radius 2 is 1.29 bits per heavy atom. The smallest absolute Gasteiger partial charge is 0.306 e. The van der Waals surface area contributed by atoms with Crippen molar-refractivity contribution in [2.45, 2.75) is 0 Å². The number of hydrogen-bond donors (Lipinski definition) is 1. The van der Waals surface area contributed by atoms with E-state index in [0.717, 1.165) is 0 Å². The summed E-state index contributed by atoms with van der Waals surface area (Å²) in [6.45, 7) is 0. The summed E-state index contributed by atoms with van der Waals surface area (Å²) in [7, 11) is 0. The Morgan fingerprint density at radius 1 is 0.857 bits per heavy atom. The van der Waals surface area contributed by atoms with E-state index >= 15 is 0 Å². The minimum Gasteiger partial charge on any atom is -0.306 e. The van der Waals surface area contributed by atoms with Crippen LogP contribution in [-0.2, 0) is 4.84 Å². The second-order valence-corrected chi connectivity index (χ2v) is 4.84. The van der Waals surface area contributed by atoms with Crippen LogP contribution in [0.4, 0.5) is 0 Å². The van der Waals surface area contributed by atoms with Crippen molar-refractivity contribution in [3.8, 4) is 0 Å². The lowest BCUT2D eigenvalue weighted by Gasteiger charge is -2.13. The van der Waals surface area contributed by atoms with E-state index in [2.05, 4.69) is 4.84 Å². The molecule has 0 unspecified atom stereocenters. The molecule has 0 aliphatic carbocycles. The maximum absolute atomic E-state index is 11.8. The molecule has 0 aliphatic heterocycles.